The van der Waals surface area contributed by atoms with Crippen molar-refractivity contribution in [1.82, 2.24) is 4.31 Å². The van der Waals surface area contributed by atoms with E-state index in [0.717, 1.165) is 12.8 Å². The molecule has 3 N–H and O–H groups in total. The van der Waals surface area contributed by atoms with Crippen molar-refractivity contribution >= 4 is 27.3 Å². The Kier molecular flexibility index (Phi) is 4.59. The Morgan fingerprint density at radius 3 is 2.80 bits per heavy atom. The zero-order chi connectivity index (χ0) is 14.9. The van der Waals surface area contributed by atoms with Gasteiger partial charge in [-0.05, 0) is 37.5 Å². The van der Waals surface area contributed by atoms with Crippen LogP contribution in [0.25, 0.3) is 0 Å². The molecule has 0 saturated carbocycles. The monoisotopic (exact) mass is 318 g/mol. The van der Waals surface area contributed by atoms with Gasteiger partial charge in [-0.25, -0.2) is 8.42 Å². The van der Waals surface area contributed by atoms with E-state index < -0.39 is 10.0 Å². The first-order valence-electron chi connectivity index (χ1n) is 6.56. The molecular formula is C13H19ClN2O3S. The van der Waals surface area contributed by atoms with Gasteiger partial charge in [0, 0.05) is 23.3 Å². The first-order valence-corrected chi connectivity index (χ1v) is 8.38. The average molecular weight is 319 g/mol. The maximum Gasteiger partial charge on any atom is 0.243 e. The molecule has 0 aliphatic carbocycles. The summed E-state index contributed by atoms with van der Waals surface area (Å²) in [4.78, 5) is 0.128. The maximum atomic E-state index is 12.8. The summed E-state index contributed by atoms with van der Waals surface area (Å²) in [5, 5.41) is 9.69. The molecule has 1 aliphatic rings. The minimum Gasteiger partial charge on any atom is -0.398 e. The number of halogens is 1. The predicted octanol–water partition coefficient (Wildman–Crippen LogP) is 1.77. The van der Waals surface area contributed by atoms with Crippen molar-refractivity contribution in [2.24, 2.45) is 0 Å². The highest BCUT2D eigenvalue weighted by atomic mass is 35.5. The first-order chi connectivity index (χ1) is 9.37. The molecule has 1 aromatic rings. The SMILES string of the molecule is Cc1c(N)cc(Cl)cc1S(=O)(=O)N1CCCCC1CO. The van der Waals surface area contributed by atoms with Gasteiger partial charge in [-0.2, -0.15) is 4.31 Å². The number of rotatable bonds is 3. The van der Waals surface area contributed by atoms with Crippen LogP contribution in [-0.4, -0.2) is 37.0 Å². The number of anilines is 1. The first kappa shape index (κ1) is 15.6. The molecule has 7 heteroatoms. The van der Waals surface area contributed by atoms with Crippen LogP contribution in [0.5, 0.6) is 0 Å². The number of nitrogens with zero attached hydrogens (tertiary/aromatic N) is 1. The maximum absolute atomic E-state index is 12.8. The van der Waals surface area contributed by atoms with Crippen molar-refractivity contribution in [3.63, 3.8) is 0 Å². The molecule has 0 bridgehead atoms. The Bertz CT molecular complexity index is 604. The standard InChI is InChI=1S/C13H19ClN2O3S/c1-9-12(15)6-10(14)7-13(9)20(18,19)16-5-3-2-4-11(16)8-17/h6-7,11,17H,2-5,8,15H2,1H3. The van der Waals surface area contributed by atoms with Crippen molar-refractivity contribution in [1.29, 1.82) is 0 Å². The molecule has 1 aromatic carbocycles. The smallest absolute Gasteiger partial charge is 0.243 e. The molecular weight excluding hydrogens is 300 g/mol. The number of nitrogens with two attached hydrogens (primary N) is 1. The van der Waals surface area contributed by atoms with E-state index in [9.17, 15) is 13.5 Å². The summed E-state index contributed by atoms with van der Waals surface area (Å²) < 4.78 is 26.9. The van der Waals surface area contributed by atoms with Crippen LogP contribution < -0.4 is 5.73 Å². The highest BCUT2D eigenvalue weighted by Crippen LogP contribution is 2.31. The van der Waals surface area contributed by atoms with E-state index in [-0.39, 0.29) is 17.5 Å². The van der Waals surface area contributed by atoms with Crippen molar-refractivity contribution < 1.29 is 13.5 Å². The third-order valence-electron chi connectivity index (χ3n) is 3.74. The Morgan fingerprint density at radius 2 is 2.15 bits per heavy atom. The van der Waals surface area contributed by atoms with Gasteiger partial charge in [0.25, 0.3) is 0 Å². The Hall–Kier alpha value is -0.820. The van der Waals surface area contributed by atoms with Crippen molar-refractivity contribution in [3.8, 4) is 0 Å². The van der Waals surface area contributed by atoms with Gasteiger partial charge in [0.1, 0.15) is 0 Å². The third kappa shape index (κ3) is 2.79. The number of hydrogen-bond acceptors (Lipinski definition) is 4. The molecule has 112 valence electrons. The lowest BCUT2D eigenvalue weighted by molar-refractivity contribution is 0.155. The molecule has 1 fully saturated rings. The average Bonchev–Trinajstić information content (AvgIpc) is 2.42. The number of sulfonamides is 1. The molecule has 1 aliphatic heterocycles. The Labute approximate surface area is 124 Å². The van der Waals surface area contributed by atoms with Crippen LogP contribution in [0.2, 0.25) is 5.02 Å². The van der Waals surface area contributed by atoms with Gasteiger partial charge in [-0.1, -0.05) is 18.0 Å². The molecule has 5 nitrogen and oxygen atoms in total. The molecule has 20 heavy (non-hydrogen) atoms. The number of aliphatic hydroxyl groups excluding tert-OH is 1. The zero-order valence-corrected chi connectivity index (χ0v) is 12.9. The molecule has 0 aromatic heterocycles. The zero-order valence-electron chi connectivity index (χ0n) is 11.3. The van der Waals surface area contributed by atoms with Crippen LogP contribution in [0.3, 0.4) is 0 Å². The molecule has 1 saturated heterocycles. The van der Waals surface area contributed by atoms with Gasteiger partial charge >= 0.3 is 0 Å². The van der Waals surface area contributed by atoms with Crippen LogP contribution in [0.4, 0.5) is 5.69 Å². The second-order valence-corrected chi connectivity index (χ2v) is 7.36. The summed E-state index contributed by atoms with van der Waals surface area (Å²) in [6.45, 7) is 1.91. The van der Waals surface area contributed by atoms with Crippen LogP contribution in [0.1, 0.15) is 24.8 Å². The topological polar surface area (TPSA) is 83.6 Å². The van der Waals surface area contributed by atoms with E-state index in [0.29, 0.717) is 29.2 Å². The lowest BCUT2D eigenvalue weighted by Gasteiger charge is -2.34. The summed E-state index contributed by atoms with van der Waals surface area (Å²) in [6, 6.07) is 2.59. The number of piperidine rings is 1. The van der Waals surface area contributed by atoms with Crippen molar-refractivity contribution in [3.05, 3.63) is 22.7 Å². The lowest BCUT2D eigenvalue weighted by Crippen LogP contribution is -2.45. The highest BCUT2D eigenvalue weighted by Gasteiger charge is 2.34. The van der Waals surface area contributed by atoms with Gasteiger partial charge in [0.05, 0.1) is 11.5 Å². The number of benzene rings is 1. The van der Waals surface area contributed by atoms with E-state index >= 15 is 0 Å². The largest absolute Gasteiger partial charge is 0.398 e. The summed E-state index contributed by atoms with van der Waals surface area (Å²) in [5.41, 5.74) is 6.65. The number of aliphatic hydroxyl groups is 1. The van der Waals surface area contributed by atoms with Crippen molar-refractivity contribution in [2.45, 2.75) is 37.1 Å². The van der Waals surface area contributed by atoms with Gasteiger partial charge in [0.15, 0.2) is 0 Å². The van der Waals surface area contributed by atoms with Crippen molar-refractivity contribution in [2.75, 3.05) is 18.9 Å². The molecule has 1 atom stereocenters. The summed E-state index contributed by atoms with van der Waals surface area (Å²) in [6.07, 6.45) is 2.39. The second kappa shape index (κ2) is 5.89. The number of nitrogen functional groups attached to an aromatic ring is 1. The van der Waals surface area contributed by atoms with Gasteiger partial charge in [0.2, 0.25) is 10.0 Å². The molecule has 0 amide bonds. The van der Waals surface area contributed by atoms with Crippen LogP contribution in [0, 0.1) is 6.92 Å². The van der Waals surface area contributed by atoms with Gasteiger partial charge < -0.3 is 10.8 Å². The minimum absolute atomic E-state index is 0.128. The van der Waals surface area contributed by atoms with E-state index in [1.54, 1.807) is 6.92 Å². The highest BCUT2D eigenvalue weighted by molar-refractivity contribution is 7.89. The van der Waals surface area contributed by atoms with E-state index in [1.807, 2.05) is 0 Å². The van der Waals surface area contributed by atoms with E-state index in [4.69, 9.17) is 17.3 Å². The summed E-state index contributed by atoms with van der Waals surface area (Å²) in [7, 11) is -3.69. The minimum atomic E-state index is -3.69. The van der Waals surface area contributed by atoms with Crippen LogP contribution in [-0.2, 0) is 10.0 Å². The number of hydrogen-bond donors (Lipinski definition) is 2. The van der Waals surface area contributed by atoms with Crippen LogP contribution in [0.15, 0.2) is 17.0 Å². The van der Waals surface area contributed by atoms with Crippen LogP contribution >= 0.6 is 11.6 Å². The van der Waals surface area contributed by atoms with E-state index in [2.05, 4.69) is 0 Å². The molecule has 0 radical (unpaired) electrons. The fourth-order valence-corrected chi connectivity index (χ4v) is 4.80. The lowest BCUT2D eigenvalue weighted by atomic mass is 10.1. The summed E-state index contributed by atoms with van der Waals surface area (Å²) >= 11 is 5.92. The third-order valence-corrected chi connectivity index (χ3v) is 6.03. The predicted molar refractivity (Wildman–Crippen MR) is 79.2 cm³/mol. The van der Waals surface area contributed by atoms with E-state index in [1.165, 1.54) is 16.4 Å². The fraction of sp³-hybridized carbons (Fsp3) is 0.538. The fourth-order valence-electron chi connectivity index (χ4n) is 2.54. The molecule has 0 spiro atoms. The molecule has 1 heterocycles. The molecule has 1 unspecified atom stereocenters. The second-order valence-electron chi connectivity index (χ2n) is 5.07. The van der Waals surface area contributed by atoms with Gasteiger partial charge in [-0.15, -0.1) is 0 Å². The quantitative estimate of drug-likeness (QED) is 0.832. The van der Waals surface area contributed by atoms with Gasteiger partial charge in [-0.3, -0.25) is 0 Å². The Morgan fingerprint density at radius 1 is 1.45 bits per heavy atom. The Balaban J connectivity index is 2.49. The molecule has 2 rings (SSSR count). The summed E-state index contributed by atoms with van der Waals surface area (Å²) in [5.74, 6) is 0. The normalized spacial score (nSPS) is 21.1.